The molecule has 1 aromatic heterocycles. The zero-order valence-corrected chi connectivity index (χ0v) is 13.2. The fraction of sp³-hybridized carbons (Fsp3) is 0.692. The summed E-state index contributed by atoms with van der Waals surface area (Å²) in [6.07, 6.45) is 1.02. The maximum absolute atomic E-state index is 12.2. The van der Waals surface area contributed by atoms with Gasteiger partial charge in [0.15, 0.2) is 0 Å². The molecule has 0 bridgehead atoms. The molecule has 0 aliphatic rings. The van der Waals surface area contributed by atoms with Gasteiger partial charge in [-0.05, 0) is 32.0 Å². The van der Waals surface area contributed by atoms with Crippen molar-refractivity contribution in [3.63, 3.8) is 0 Å². The van der Waals surface area contributed by atoms with Crippen LogP contribution in [0.25, 0.3) is 0 Å². The van der Waals surface area contributed by atoms with Crippen molar-refractivity contribution in [2.75, 3.05) is 33.4 Å². The summed E-state index contributed by atoms with van der Waals surface area (Å²) in [5.41, 5.74) is 0. The summed E-state index contributed by atoms with van der Waals surface area (Å²) >= 11 is 0. The number of furan rings is 1. The van der Waals surface area contributed by atoms with Crippen molar-refractivity contribution in [2.45, 2.75) is 31.9 Å². The molecule has 1 rings (SSSR count). The lowest BCUT2D eigenvalue weighted by Crippen LogP contribution is -2.30. The highest BCUT2D eigenvalue weighted by atomic mass is 32.2. The first-order valence-electron chi connectivity index (χ1n) is 6.85. The lowest BCUT2D eigenvalue weighted by molar-refractivity contribution is 0.138. The van der Waals surface area contributed by atoms with Crippen molar-refractivity contribution < 1.29 is 17.6 Å². The van der Waals surface area contributed by atoms with Gasteiger partial charge in [0.1, 0.15) is 5.76 Å². The molecule has 1 heterocycles. The fourth-order valence-corrected chi connectivity index (χ4v) is 2.67. The zero-order valence-electron chi connectivity index (χ0n) is 12.4. The van der Waals surface area contributed by atoms with E-state index in [1.54, 1.807) is 6.07 Å². The number of rotatable bonds is 10. The Morgan fingerprint density at radius 2 is 2.10 bits per heavy atom. The standard InChI is InChI=1S/C13H24N2O4S/c1-4-8-14-11-12-6-7-13(19-12)20(16,17)15(3)9-10-18-5-2/h6-7,14H,4-5,8-11H2,1-3H3. The summed E-state index contributed by atoms with van der Waals surface area (Å²) in [6.45, 7) is 6.60. The van der Waals surface area contributed by atoms with Gasteiger partial charge >= 0.3 is 0 Å². The first-order chi connectivity index (χ1) is 9.52. The molecule has 0 amide bonds. The molecular weight excluding hydrogens is 280 g/mol. The average molecular weight is 304 g/mol. The van der Waals surface area contributed by atoms with Gasteiger partial charge in [-0.2, -0.15) is 4.31 Å². The Morgan fingerprint density at radius 1 is 1.35 bits per heavy atom. The monoisotopic (exact) mass is 304 g/mol. The number of nitrogens with zero attached hydrogens (tertiary/aromatic N) is 1. The van der Waals surface area contributed by atoms with Crippen molar-refractivity contribution >= 4 is 10.0 Å². The Kier molecular flexibility index (Phi) is 7.22. The number of likely N-dealkylation sites (N-methyl/N-ethyl adjacent to an activating group) is 1. The van der Waals surface area contributed by atoms with E-state index in [4.69, 9.17) is 9.15 Å². The smallest absolute Gasteiger partial charge is 0.276 e. The van der Waals surface area contributed by atoms with E-state index >= 15 is 0 Å². The lowest BCUT2D eigenvalue weighted by atomic mass is 10.4. The van der Waals surface area contributed by atoms with Gasteiger partial charge in [0.25, 0.3) is 10.0 Å². The van der Waals surface area contributed by atoms with Crippen LogP contribution in [0.3, 0.4) is 0 Å². The van der Waals surface area contributed by atoms with Crippen LogP contribution < -0.4 is 5.32 Å². The van der Waals surface area contributed by atoms with Gasteiger partial charge in [0.05, 0.1) is 13.2 Å². The minimum Gasteiger partial charge on any atom is -0.447 e. The van der Waals surface area contributed by atoms with E-state index in [0.29, 0.717) is 32.1 Å². The molecule has 0 fully saturated rings. The van der Waals surface area contributed by atoms with Crippen LogP contribution >= 0.6 is 0 Å². The van der Waals surface area contributed by atoms with Gasteiger partial charge in [0.2, 0.25) is 5.09 Å². The minimum absolute atomic E-state index is 0.0233. The van der Waals surface area contributed by atoms with Crippen molar-refractivity contribution in [3.05, 3.63) is 17.9 Å². The molecule has 1 aromatic rings. The number of hydrogen-bond donors (Lipinski definition) is 1. The first kappa shape index (κ1) is 17.2. The van der Waals surface area contributed by atoms with Gasteiger partial charge in [-0.15, -0.1) is 0 Å². The summed E-state index contributed by atoms with van der Waals surface area (Å²) < 4.78 is 36.2. The highest BCUT2D eigenvalue weighted by Crippen LogP contribution is 2.17. The average Bonchev–Trinajstić information content (AvgIpc) is 2.88. The van der Waals surface area contributed by atoms with Crippen LogP contribution in [0.5, 0.6) is 0 Å². The maximum Gasteiger partial charge on any atom is 0.276 e. The van der Waals surface area contributed by atoms with E-state index in [0.717, 1.165) is 13.0 Å². The van der Waals surface area contributed by atoms with Crippen molar-refractivity contribution in [2.24, 2.45) is 0 Å². The predicted molar refractivity (Wildman–Crippen MR) is 77.0 cm³/mol. The number of ether oxygens (including phenoxy) is 1. The van der Waals surface area contributed by atoms with E-state index in [2.05, 4.69) is 12.2 Å². The normalized spacial score (nSPS) is 12.2. The van der Waals surface area contributed by atoms with Crippen molar-refractivity contribution in [1.29, 1.82) is 0 Å². The third-order valence-corrected chi connectivity index (χ3v) is 4.51. The Morgan fingerprint density at radius 3 is 2.75 bits per heavy atom. The second-order valence-corrected chi connectivity index (χ2v) is 6.40. The molecular formula is C13H24N2O4S. The first-order valence-corrected chi connectivity index (χ1v) is 8.29. The molecule has 0 spiro atoms. The molecule has 0 aliphatic heterocycles. The summed E-state index contributed by atoms with van der Waals surface area (Å²) in [5, 5.41) is 3.14. The van der Waals surface area contributed by atoms with Gasteiger partial charge in [0, 0.05) is 20.2 Å². The van der Waals surface area contributed by atoms with Gasteiger partial charge in [-0.3, -0.25) is 0 Å². The molecule has 0 unspecified atom stereocenters. The molecule has 0 atom stereocenters. The predicted octanol–water partition coefficient (Wildman–Crippen LogP) is 1.44. The van der Waals surface area contributed by atoms with Crippen LogP contribution in [-0.4, -0.2) is 46.1 Å². The van der Waals surface area contributed by atoms with Crippen LogP contribution in [0.2, 0.25) is 0 Å². The minimum atomic E-state index is -3.57. The molecule has 6 nitrogen and oxygen atoms in total. The summed E-state index contributed by atoms with van der Waals surface area (Å²) in [7, 11) is -2.05. The van der Waals surface area contributed by atoms with Crippen molar-refractivity contribution in [3.8, 4) is 0 Å². The highest BCUT2D eigenvalue weighted by Gasteiger charge is 2.24. The third kappa shape index (κ3) is 4.90. The molecule has 116 valence electrons. The lowest BCUT2D eigenvalue weighted by Gasteiger charge is -2.15. The topological polar surface area (TPSA) is 71.8 Å². The second kappa shape index (κ2) is 8.41. The molecule has 0 aromatic carbocycles. The Labute approximate surface area is 121 Å². The van der Waals surface area contributed by atoms with E-state index in [1.807, 2.05) is 6.92 Å². The summed E-state index contributed by atoms with van der Waals surface area (Å²) in [6, 6.07) is 3.18. The van der Waals surface area contributed by atoms with E-state index in [9.17, 15) is 8.42 Å². The Balaban J connectivity index is 2.62. The summed E-state index contributed by atoms with van der Waals surface area (Å²) in [5.74, 6) is 0.621. The quantitative estimate of drug-likeness (QED) is 0.662. The Bertz CT molecular complexity index is 484. The maximum atomic E-state index is 12.2. The highest BCUT2D eigenvalue weighted by molar-refractivity contribution is 7.89. The third-order valence-electron chi connectivity index (χ3n) is 2.78. The van der Waals surface area contributed by atoms with Gasteiger partial charge < -0.3 is 14.5 Å². The molecule has 7 heteroatoms. The zero-order chi connectivity index (χ0) is 15.0. The molecule has 0 aliphatic carbocycles. The summed E-state index contributed by atoms with van der Waals surface area (Å²) in [4.78, 5) is 0. The fourth-order valence-electron chi connectivity index (χ4n) is 1.59. The molecule has 1 N–H and O–H groups in total. The SMILES string of the molecule is CCCNCc1ccc(S(=O)(=O)N(C)CCOCC)o1. The van der Waals surface area contributed by atoms with E-state index in [-0.39, 0.29) is 5.09 Å². The van der Waals surface area contributed by atoms with Crippen LogP contribution in [0.15, 0.2) is 21.6 Å². The van der Waals surface area contributed by atoms with E-state index < -0.39 is 10.0 Å². The second-order valence-electron chi connectivity index (χ2n) is 4.42. The number of sulfonamides is 1. The van der Waals surface area contributed by atoms with Crippen LogP contribution in [0, 0.1) is 0 Å². The number of hydrogen-bond acceptors (Lipinski definition) is 5. The number of nitrogens with one attached hydrogen (secondary N) is 1. The molecule has 20 heavy (non-hydrogen) atoms. The van der Waals surface area contributed by atoms with Crippen LogP contribution in [0.1, 0.15) is 26.0 Å². The molecule has 0 saturated carbocycles. The molecule has 0 saturated heterocycles. The largest absolute Gasteiger partial charge is 0.447 e. The van der Waals surface area contributed by atoms with Gasteiger partial charge in [-0.1, -0.05) is 6.92 Å². The van der Waals surface area contributed by atoms with Crippen LogP contribution in [-0.2, 0) is 21.3 Å². The molecule has 0 radical (unpaired) electrons. The van der Waals surface area contributed by atoms with Crippen LogP contribution in [0.4, 0.5) is 0 Å². The van der Waals surface area contributed by atoms with Gasteiger partial charge in [-0.25, -0.2) is 8.42 Å². The Hall–Kier alpha value is -0.890. The van der Waals surface area contributed by atoms with E-state index in [1.165, 1.54) is 17.4 Å². The van der Waals surface area contributed by atoms with Crippen molar-refractivity contribution in [1.82, 2.24) is 9.62 Å².